The molecule has 144 valence electrons. The van der Waals surface area contributed by atoms with Crippen LogP contribution >= 0.6 is 15.9 Å². The number of benzene rings is 3. The highest BCUT2D eigenvalue weighted by molar-refractivity contribution is 9.10. The summed E-state index contributed by atoms with van der Waals surface area (Å²) in [5.74, 6) is 0.635. The summed E-state index contributed by atoms with van der Waals surface area (Å²) >= 11 is 3.49. The van der Waals surface area contributed by atoms with Crippen LogP contribution in [0.3, 0.4) is 0 Å². The van der Waals surface area contributed by atoms with Gasteiger partial charge >= 0.3 is 0 Å². The van der Waals surface area contributed by atoms with E-state index in [1.807, 2.05) is 84.9 Å². The van der Waals surface area contributed by atoms with Crippen molar-refractivity contribution in [2.75, 3.05) is 13.2 Å². The lowest BCUT2D eigenvalue weighted by atomic mass is 10.0. The lowest BCUT2D eigenvalue weighted by Gasteiger charge is -2.12. The Labute approximate surface area is 177 Å². The van der Waals surface area contributed by atoms with E-state index in [0.29, 0.717) is 18.7 Å². The highest BCUT2D eigenvalue weighted by Gasteiger charge is 2.14. The van der Waals surface area contributed by atoms with E-state index in [0.717, 1.165) is 32.4 Å². The predicted octanol–water partition coefficient (Wildman–Crippen LogP) is 5.47. The zero-order valence-electron chi connectivity index (χ0n) is 15.6. The van der Waals surface area contributed by atoms with Crippen molar-refractivity contribution in [3.8, 4) is 17.0 Å². The molecule has 3 aromatic carbocycles. The van der Waals surface area contributed by atoms with E-state index >= 15 is 0 Å². The number of fused-ring (bicyclic) bond motifs is 1. The molecule has 0 aliphatic heterocycles. The number of carbonyl (C=O) groups excluding carboxylic acids is 1. The Kier molecular flexibility index (Phi) is 5.86. The number of amides is 1. The Balaban J connectivity index is 1.57. The number of rotatable bonds is 6. The van der Waals surface area contributed by atoms with Crippen LogP contribution < -0.4 is 10.1 Å². The third-order valence-electron chi connectivity index (χ3n) is 4.48. The first-order valence-electron chi connectivity index (χ1n) is 9.32. The van der Waals surface area contributed by atoms with Gasteiger partial charge in [-0.3, -0.25) is 4.79 Å². The van der Waals surface area contributed by atoms with Crippen LogP contribution in [0.5, 0.6) is 5.75 Å². The highest BCUT2D eigenvalue weighted by Crippen LogP contribution is 2.27. The fourth-order valence-electron chi connectivity index (χ4n) is 3.09. The lowest BCUT2D eigenvalue weighted by Crippen LogP contribution is -2.28. The number of nitrogens with zero attached hydrogens (tertiary/aromatic N) is 1. The zero-order chi connectivity index (χ0) is 20.1. The average Bonchev–Trinajstić information content (AvgIpc) is 2.77. The summed E-state index contributed by atoms with van der Waals surface area (Å²) in [4.78, 5) is 17.7. The minimum Gasteiger partial charge on any atom is -0.492 e. The Hall–Kier alpha value is -3.18. The van der Waals surface area contributed by atoms with E-state index in [4.69, 9.17) is 9.72 Å². The summed E-state index contributed by atoms with van der Waals surface area (Å²) in [5, 5.41) is 3.76. The molecule has 29 heavy (non-hydrogen) atoms. The molecule has 0 aliphatic rings. The smallest absolute Gasteiger partial charge is 0.252 e. The van der Waals surface area contributed by atoms with Crippen molar-refractivity contribution < 1.29 is 9.53 Å². The number of aromatic nitrogens is 1. The number of pyridine rings is 1. The fourth-order valence-corrected chi connectivity index (χ4v) is 3.45. The van der Waals surface area contributed by atoms with E-state index in [2.05, 4.69) is 21.2 Å². The van der Waals surface area contributed by atoms with Gasteiger partial charge < -0.3 is 10.1 Å². The van der Waals surface area contributed by atoms with Gasteiger partial charge in [0.15, 0.2) is 0 Å². The van der Waals surface area contributed by atoms with Gasteiger partial charge in [-0.25, -0.2) is 4.98 Å². The maximum absolute atomic E-state index is 13.0. The molecule has 4 rings (SSSR count). The molecule has 0 saturated carbocycles. The van der Waals surface area contributed by atoms with Gasteiger partial charge in [-0.1, -0.05) is 64.5 Å². The first-order valence-corrected chi connectivity index (χ1v) is 10.1. The van der Waals surface area contributed by atoms with Crippen molar-refractivity contribution in [2.45, 2.75) is 0 Å². The minimum atomic E-state index is -0.149. The largest absolute Gasteiger partial charge is 0.492 e. The maximum atomic E-state index is 13.0. The fraction of sp³-hybridized carbons (Fsp3) is 0.0833. The van der Waals surface area contributed by atoms with E-state index in [1.54, 1.807) is 0 Å². The summed E-state index contributed by atoms with van der Waals surface area (Å²) in [6.07, 6.45) is 0. The molecule has 0 spiro atoms. The van der Waals surface area contributed by atoms with E-state index in [-0.39, 0.29) is 5.91 Å². The number of carbonyl (C=O) groups is 1. The Morgan fingerprint density at radius 2 is 1.66 bits per heavy atom. The Morgan fingerprint density at radius 1 is 0.931 bits per heavy atom. The lowest BCUT2D eigenvalue weighted by molar-refractivity contribution is 0.0948. The summed E-state index contributed by atoms with van der Waals surface area (Å²) in [5.41, 5.74) is 3.11. The van der Waals surface area contributed by atoms with Gasteiger partial charge in [-0.05, 0) is 36.4 Å². The molecule has 1 N–H and O–H groups in total. The van der Waals surface area contributed by atoms with Crippen molar-refractivity contribution >= 4 is 32.7 Å². The van der Waals surface area contributed by atoms with Crippen LogP contribution in [0.25, 0.3) is 22.2 Å². The third-order valence-corrected chi connectivity index (χ3v) is 4.98. The molecule has 4 nitrogen and oxygen atoms in total. The number of hydrogen-bond acceptors (Lipinski definition) is 3. The molecule has 1 aromatic heterocycles. The van der Waals surface area contributed by atoms with Gasteiger partial charge in [0.1, 0.15) is 12.4 Å². The van der Waals surface area contributed by atoms with Crippen LogP contribution in [0.2, 0.25) is 0 Å². The maximum Gasteiger partial charge on any atom is 0.252 e. The van der Waals surface area contributed by atoms with Crippen molar-refractivity contribution in [1.82, 2.24) is 10.3 Å². The second kappa shape index (κ2) is 8.88. The summed E-state index contributed by atoms with van der Waals surface area (Å²) in [6, 6.07) is 27.0. The summed E-state index contributed by atoms with van der Waals surface area (Å²) < 4.78 is 6.56. The predicted molar refractivity (Wildman–Crippen MR) is 119 cm³/mol. The minimum absolute atomic E-state index is 0.149. The second-order valence-corrected chi connectivity index (χ2v) is 7.42. The number of hydrogen-bond donors (Lipinski definition) is 1. The van der Waals surface area contributed by atoms with Crippen molar-refractivity contribution in [3.05, 3.63) is 95.0 Å². The van der Waals surface area contributed by atoms with E-state index in [1.165, 1.54) is 0 Å². The van der Waals surface area contributed by atoms with E-state index < -0.39 is 0 Å². The molecule has 0 atom stereocenters. The number of nitrogens with one attached hydrogen (secondary N) is 1. The average molecular weight is 447 g/mol. The zero-order valence-corrected chi connectivity index (χ0v) is 17.2. The number of para-hydroxylation sites is 1. The van der Waals surface area contributed by atoms with Gasteiger partial charge in [0, 0.05) is 15.4 Å². The Bertz CT molecular complexity index is 1130. The molecule has 1 amide bonds. The molecule has 4 aromatic rings. The van der Waals surface area contributed by atoms with Crippen LogP contribution in [0.4, 0.5) is 0 Å². The molecule has 1 heterocycles. The molecule has 0 radical (unpaired) electrons. The van der Waals surface area contributed by atoms with Crippen LogP contribution in [0.15, 0.2) is 89.4 Å². The summed E-state index contributed by atoms with van der Waals surface area (Å²) in [7, 11) is 0. The standard InChI is InChI=1S/C24H19BrN2O2/c25-18-11-12-22-20(15-18)21(16-23(27-22)17-7-3-1-4-8-17)24(28)26-13-14-29-19-9-5-2-6-10-19/h1-12,15-16H,13-14H2,(H,26,28). The van der Waals surface area contributed by atoms with Gasteiger partial charge in [-0.15, -0.1) is 0 Å². The second-order valence-electron chi connectivity index (χ2n) is 6.50. The van der Waals surface area contributed by atoms with E-state index in [9.17, 15) is 4.79 Å². The SMILES string of the molecule is O=C(NCCOc1ccccc1)c1cc(-c2ccccc2)nc2ccc(Br)cc12. The van der Waals surface area contributed by atoms with Gasteiger partial charge in [0.05, 0.1) is 23.3 Å². The van der Waals surface area contributed by atoms with Gasteiger partial charge in [0.2, 0.25) is 0 Å². The first-order chi connectivity index (χ1) is 14.2. The molecule has 0 unspecified atom stereocenters. The van der Waals surface area contributed by atoms with Crippen molar-refractivity contribution in [1.29, 1.82) is 0 Å². The number of halogens is 1. The highest BCUT2D eigenvalue weighted by atomic mass is 79.9. The molecular formula is C24H19BrN2O2. The summed E-state index contributed by atoms with van der Waals surface area (Å²) in [6.45, 7) is 0.806. The Morgan fingerprint density at radius 3 is 2.41 bits per heavy atom. The van der Waals surface area contributed by atoms with Crippen molar-refractivity contribution in [2.24, 2.45) is 0 Å². The normalized spacial score (nSPS) is 10.7. The van der Waals surface area contributed by atoms with Crippen molar-refractivity contribution in [3.63, 3.8) is 0 Å². The monoisotopic (exact) mass is 446 g/mol. The molecular weight excluding hydrogens is 428 g/mol. The molecule has 0 aliphatic carbocycles. The molecule has 0 saturated heterocycles. The topological polar surface area (TPSA) is 51.2 Å². The molecule has 0 bridgehead atoms. The molecule has 0 fully saturated rings. The number of ether oxygens (including phenoxy) is 1. The van der Waals surface area contributed by atoms with Gasteiger partial charge in [0.25, 0.3) is 5.91 Å². The van der Waals surface area contributed by atoms with Gasteiger partial charge in [-0.2, -0.15) is 0 Å². The first kappa shape index (κ1) is 19.2. The van der Waals surface area contributed by atoms with Crippen LogP contribution in [-0.4, -0.2) is 24.0 Å². The van der Waals surface area contributed by atoms with Crippen LogP contribution in [0, 0.1) is 0 Å². The quantitative estimate of drug-likeness (QED) is 0.399. The molecule has 5 heteroatoms. The third kappa shape index (κ3) is 4.63. The van der Waals surface area contributed by atoms with Crippen LogP contribution in [-0.2, 0) is 0 Å². The van der Waals surface area contributed by atoms with Crippen LogP contribution in [0.1, 0.15) is 10.4 Å².